The summed E-state index contributed by atoms with van der Waals surface area (Å²) < 4.78 is 14.8. The number of fused-ring (bicyclic) bond motifs is 9. The first-order valence-corrected chi connectivity index (χ1v) is 21.2. The van der Waals surface area contributed by atoms with Gasteiger partial charge in [0.15, 0.2) is 5.82 Å². The highest BCUT2D eigenvalue weighted by atomic mass is 16.3. The number of furan rings is 2. The second kappa shape index (κ2) is 14.0. The molecular weight excluding hydrogens is 771 g/mol. The van der Waals surface area contributed by atoms with E-state index in [4.69, 9.17) is 18.8 Å². The molecule has 0 aliphatic rings. The van der Waals surface area contributed by atoms with E-state index in [9.17, 15) is 0 Å². The average molecular weight is 806 g/mol. The number of hydrogen-bond donors (Lipinski definition) is 0. The second-order valence-electron chi connectivity index (χ2n) is 16.2. The van der Waals surface area contributed by atoms with Crippen molar-refractivity contribution in [3.8, 4) is 61.8 Å². The van der Waals surface area contributed by atoms with Crippen LogP contribution in [0.5, 0.6) is 0 Å². The first-order valence-electron chi connectivity index (χ1n) is 21.2. The Morgan fingerprint density at radius 1 is 0.286 bits per heavy atom. The molecule has 0 radical (unpaired) electrons. The van der Waals surface area contributed by atoms with Crippen LogP contribution in [0.2, 0.25) is 0 Å². The van der Waals surface area contributed by atoms with Gasteiger partial charge in [0, 0.05) is 54.7 Å². The molecule has 0 aliphatic heterocycles. The van der Waals surface area contributed by atoms with Crippen molar-refractivity contribution in [1.29, 1.82) is 0 Å². The summed E-state index contributed by atoms with van der Waals surface area (Å²) in [7, 11) is 0. The number of benzene rings is 9. The molecule has 294 valence electrons. The smallest absolute Gasteiger partial charge is 0.160 e. The average Bonchev–Trinajstić information content (AvgIpc) is 4.03. The van der Waals surface area contributed by atoms with E-state index < -0.39 is 0 Å². The molecule has 13 aromatic rings. The van der Waals surface area contributed by atoms with Crippen molar-refractivity contribution in [1.82, 2.24) is 14.5 Å². The predicted molar refractivity (Wildman–Crippen MR) is 258 cm³/mol. The van der Waals surface area contributed by atoms with E-state index in [1.807, 2.05) is 30.3 Å². The van der Waals surface area contributed by atoms with E-state index in [0.29, 0.717) is 5.82 Å². The first kappa shape index (κ1) is 35.2. The van der Waals surface area contributed by atoms with Crippen molar-refractivity contribution >= 4 is 65.7 Å². The molecule has 13 rings (SSSR count). The highest BCUT2D eigenvalue weighted by Crippen LogP contribution is 2.40. The molecule has 0 unspecified atom stereocenters. The zero-order valence-corrected chi connectivity index (χ0v) is 33.9. The van der Waals surface area contributed by atoms with Crippen molar-refractivity contribution in [2.75, 3.05) is 0 Å². The van der Waals surface area contributed by atoms with E-state index in [1.54, 1.807) is 0 Å². The number of rotatable bonds is 6. The molecule has 0 atom stereocenters. The first-order chi connectivity index (χ1) is 31.2. The fourth-order valence-electron chi connectivity index (χ4n) is 9.39. The molecule has 4 aromatic heterocycles. The molecule has 0 saturated carbocycles. The van der Waals surface area contributed by atoms with Crippen LogP contribution in [0.3, 0.4) is 0 Å². The Kier molecular flexibility index (Phi) is 7.84. The minimum absolute atomic E-state index is 0.651. The van der Waals surface area contributed by atoms with Gasteiger partial charge in [-0.2, -0.15) is 0 Å². The van der Waals surface area contributed by atoms with Gasteiger partial charge in [-0.25, -0.2) is 9.97 Å². The van der Waals surface area contributed by atoms with Crippen molar-refractivity contribution < 1.29 is 8.83 Å². The minimum Gasteiger partial charge on any atom is -0.456 e. The highest BCUT2D eigenvalue weighted by Gasteiger charge is 2.18. The summed E-state index contributed by atoms with van der Waals surface area (Å²) in [4.78, 5) is 10.7. The standard InChI is InChI=1S/C58H35N3O2/c1-2-13-36(14-3-1)50-35-51(60-58(59-50)39-15-12-16-43(32-39)61-52-21-8-4-17-44(52)45-18-5-9-22-53(45)61)42-30-40(37-25-27-56-48(33-37)46-19-6-10-23-54(46)62-56)29-41(31-42)38-26-28-57-49(34-38)47-20-7-11-24-55(47)63-57/h1-35H. The van der Waals surface area contributed by atoms with Crippen LogP contribution in [0.4, 0.5) is 0 Å². The van der Waals surface area contributed by atoms with Crippen molar-refractivity contribution in [2.45, 2.75) is 0 Å². The molecule has 5 nitrogen and oxygen atoms in total. The fourth-order valence-corrected chi connectivity index (χ4v) is 9.39. The van der Waals surface area contributed by atoms with Gasteiger partial charge >= 0.3 is 0 Å². The van der Waals surface area contributed by atoms with E-state index in [1.165, 1.54) is 10.8 Å². The van der Waals surface area contributed by atoms with Crippen LogP contribution in [-0.4, -0.2) is 14.5 Å². The summed E-state index contributed by atoms with van der Waals surface area (Å²) in [5.74, 6) is 0.651. The maximum atomic E-state index is 6.25. The van der Waals surface area contributed by atoms with Crippen molar-refractivity contribution in [2.24, 2.45) is 0 Å². The highest BCUT2D eigenvalue weighted by molar-refractivity contribution is 6.10. The topological polar surface area (TPSA) is 57.0 Å². The maximum Gasteiger partial charge on any atom is 0.160 e. The number of aromatic nitrogens is 3. The molecule has 0 bridgehead atoms. The molecule has 0 N–H and O–H groups in total. The van der Waals surface area contributed by atoms with Gasteiger partial charge < -0.3 is 13.4 Å². The van der Waals surface area contributed by atoms with Gasteiger partial charge in [-0.3, -0.25) is 0 Å². The lowest BCUT2D eigenvalue weighted by Gasteiger charge is -2.14. The molecule has 5 heteroatoms. The molecule has 0 fully saturated rings. The lowest BCUT2D eigenvalue weighted by molar-refractivity contribution is 0.668. The van der Waals surface area contributed by atoms with Crippen LogP contribution < -0.4 is 0 Å². The summed E-state index contributed by atoms with van der Waals surface area (Å²) >= 11 is 0. The van der Waals surface area contributed by atoms with Crippen molar-refractivity contribution in [3.05, 3.63) is 212 Å². The number of hydrogen-bond acceptors (Lipinski definition) is 4. The molecule has 9 aromatic carbocycles. The van der Waals surface area contributed by atoms with Crippen LogP contribution in [0.25, 0.3) is 128 Å². The van der Waals surface area contributed by atoms with Gasteiger partial charge in [0.05, 0.1) is 22.4 Å². The predicted octanol–water partition coefficient (Wildman–Crippen LogP) is 15.7. The van der Waals surface area contributed by atoms with E-state index in [2.05, 4.69) is 187 Å². The molecule has 0 amide bonds. The van der Waals surface area contributed by atoms with Gasteiger partial charge in [0.1, 0.15) is 22.3 Å². The van der Waals surface area contributed by atoms with Crippen LogP contribution in [0.15, 0.2) is 221 Å². The Hall–Kier alpha value is -8.54. The van der Waals surface area contributed by atoms with Gasteiger partial charge in [-0.05, 0) is 107 Å². The Balaban J connectivity index is 1.02. The molecule has 0 saturated heterocycles. The van der Waals surface area contributed by atoms with Crippen molar-refractivity contribution in [3.63, 3.8) is 0 Å². The molecule has 4 heterocycles. The lowest BCUT2D eigenvalue weighted by atomic mass is 9.93. The van der Waals surface area contributed by atoms with E-state index >= 15 is 0 Å². The molecule has 63 heavy (non-hydrogen) atoms. The Morgan fingerprint density at radius 3 is 1.37 bits per heavy atom. The summed E-state index contributed by atoms with van der Waals surface area (Å²) in [5.41, 5.74) is 15.8. The quantitative estimate of drug-likeness (QED) is 0.168. The summed E-state index contributed by atoms with van der Waals surface area (Å²) in [6.07, 6.45) is 0. The summed E-state index contributed by atoms with van der Waals surface area (Å²) in [6.45, 7) is 0. The Morgan fingerprint density at radius 2 is 0.762 bits per heavy atom. The Labute approximate surface area is 361 Å². The van der Waals surface area contributed by atoms with Crippen LogP contribution in [0, 0.1) is 0 Å². The molecule has 0 spiro atoms. The fraction of sp³-hybridized carbons (Fsp3) is 0. The van der Waals surface area contributed by atoms with Crippen LogP contribution in [0.1, 0.15) is 0 Å². The lowest BCUT2D eigenvalue weighted by Crippen LogP contribution is -1.98. The second-order valence-corrected chi connectivity index (χ2v) is 16.2. The zero-order chi connectivity index (χ0) is 41.4. The van der Waals surface area contributed by atoms with Gasteiger partial charge in [0.25, 0.3) is 0 Å². The van der Waals surface area contributed by atoms with Crippen LogP contribution in [-0.2, 0) is 0 Å². The summed E-state index contributed by atoms with van der Waals surface area (Å²) in [6, 6.07) is 74.5. The monoisotopic (exact) mass is 805 g/mol. The van der Waals surface area contributed by atoms with Gasteiger partial charge in [-0.15, -0.1) is 0 Å². The van der Waals surface area contributed by atoms with Gasteiger partial charge in [0.2, 0.25) is 0 Å². The number of para-hydroxylation sites is 4. The molecular formula is C58H35N3O2. The molecule has 0 aliphatic carbocycles. The third-order valence-electron chi connectivity index (χ3n) is 12.4. The van der Waals surface area contributed by atoms with E-state index in [0.717, 1.165) is 111 Å². The third kappa shape index (κ3) is 5.86. The normalized spacial score (nSPS) is 11.8. The number of nitrogens with zero attached hydrogens (tertiary/aromatic N) is 3. The van der Waals surface area contributed by atoms with E-state index in [-0.39, 0.29) is 0 Å². The van der Waals surface area contributed by atoms with Crippen LogP contribution >= 0.6 is 0 Å². The Bertz CT molecular complexity index is 3740. The maximum absolute atomic E-state index is 6.25. The zero-order valence-electron chi connectivity index (χ0n) is 33.9. The van der Waals surface area contributed by atoms with Gasteiger partial charge in [-0.1, -0.05) is 127 Å². The SMILES string of the molecule is c1ccc(-c2cc(-c3cc(-c4ccc5oc6ccccc6c5c4)cc(-c4ccc5oc6ccccc6c5c4)c3)nc(-c3cccc(-n4c5ccccc5c5ccccc54)c3)n2)cc1. The minimum atomic E-state index is 0.651. The summed E-state index contributed by atoms with van der Waals surface area (Å²) in [5, 5.41) is 6.80. The third-order valence-corrected chi connectivity index (χ3v) is 12.4. The largest absolute Gasteiger partial charge is 0.456 e.